The lowest BCUT2D eigenvalue weighted by atomic mass is 9.94. The number of hydrogen-bond donors (Lipinski definition) is 1. The lowest BCUT2D eigenvalue weighted by Crippen LogP contribution is -2.30. The molecule has 4 rings (SSSR count). The summed E-state index contributed by atoms with van der Waals surface area (Å²) < 4.78 is 0. The molecule has 0 unspecified atom stereocenters. The molecule has 0 bridgehead atoms. The van der Waals surface area contributed by atoms with Gasteiger partial charge in [-0.15, -0.1) is 0 Å². The van der Waals surface area contributed by atoms with Crippen molar-refractivity contribution in [1.82, 2.24) is 10.2 Å². The molecule has 0 aliphatic carbocycles. The molecule has 1 fully saturated rings. The molecule has 1 atom stereocenters. The highest BCUT2D eigenvalue weighted by molar-refractivity contribution is 5.94. The predicted octanol–water partition coefficient (Wildman–Crippen LogP) is 4.64. The van der Waals surface area contributed by atoms with Crippen molar-refractivity contribution >= 4 is 11.8 Å². The van der Waals surface area contributed by atoms with Crippen LogP contribution in [-0.2, 0) is 11.3 Å². The average Bonchev–Trinajstić information content (AvgIpc) is 3.18. The third-order valence-electron chi connectivity index (χ3n) is 5.67. The highest BCUT2D eigenvalue weighted by Gasteiger charge is 2.21. The van der Waals surface area contributed by atoms with Crippen LogP contribution in [0.1, 0.15) is 51.5 Å². The van der Waals surface area contributed by atoms with Crippen LogP contribution >= 0.6 is 0 Å². The van der Waals surface area contributed by atoms with E-state index in [-0.39, 0.29) is 17.9 Å². The van der Waals surface area contributed by atoms with Gasteiger partial charge in [0.1, 0.15) is 0 Å². The van der Waals surface area contributed by atoms with Gasteiger partial charge in [-0.25, -0.2) is 0 Å². The number of likely N-dealkylation sites (tertiary alicyclic amines) is 1. The SMILES string of the molecule is Cc1ccccc1[C@@H](NC(=O)c1ccc(CN2CCCC2=O)cc1)c1ccccc1. The molecule has 2 amide bonds. The van der Waals surface area contributed by atoms with Crippen LogP contribution < -0.4 is 5.32 Å². The molecule has 0 aromatic heterocycles. The van der Waals surface area contributed by atoms with Crippen LogP contribution in [0.5, 0.6) is 0 Å². The molecular formula is C26H26N2O2. The molecule has 1 aliphatic heterocycles. The minimum absolute atomic E-state index is 0.115. The van der Waals surface area contributed by atoms with Crippen LogP contribution in [0.3, 0.4) is 0 Å². The lowest BCUT2D eigenvalue weighted by molar-refractivity contribution is -0.128. The van der Waals surface area contributed by atoms with Crippen molar-refractivity contribution in [3.8, 4) is 0 Å². The highest BCUT2D eigenvalue weighted by atomic mass is 16.2. The third-order valence-corrected chi connectivity index (χ3v) is 5.67. The molecule has 1 heterocycles. The van der Waals surface area contributed by atoms with E-state index in [9.17, 15) is 9.59 Å². The second-order valence-corrected chi connectivity index (χ2v) is 7.79. The van der Waals surface area contributed by atoms with Crippen LogP contribution in [0.15, 0.2) is 78.9 Å². The molecule has 3 aromatic carbocycles. The first kappa shape index (κ1) is 19.9. The highest BCUT2D eigenvalue weighted by Crippen LogP contribution is 2.25. The smallest absolute Gasteiger partial charge is 0.252 e. The van der Waals surface area contributed by atoms with Gasteiger partial charge >= 0.3 is 0 Å². The summed E-state index contributed by atoms with van der Waals surface area (Å²) in [4.78, 5) is 26.8. The van der Waals surface area contributed by atoms with E-state index in [1.54, 1.807) is 0 Å². The van der Waals surface area contributed by atoms with Crippen molar-refractivity contribution in [3.05, 3.63) is 107 Å². The van der Waals surface area contributed by atoms with E-state index in [0.717, 1.165) is 35.2 Å². The van der Waals surface area contributed by atoms with E-state index in [4.69, 9.17) is 0 Å². The van der Waals surface area contributed by atoms with Gasteiger partial charge in [0, 0.05) is 25.1 Å². The average molecular weight is 399 g/mol. The van der Waals surface area contributed by atoms with Crippen molar-refractivity contribution in [3.63, 3.8) is 0 Å². The summed E-state index contributed by atoms with van der Waals surface area (Å²) in [6, 6.07) is 25.5. The Bertz CT molecular complexity index is 1030. The first-order valence-corrected chi connectivity index (χ1v) is 10.4. The lowest BCUT2D eigenvalue weighted by Gasteiger charge is -2.22. The van der Waals surface area contributed by atoms with Gasteiger partial charge in [-0.3, -0.25) is 9.59 Å². The Morgan fingerprint density at radius 1 is 0.967 bits per heavy atom. The molecule has 4 heteroatoms. The Labute approximate surface area is 177 Å². The number of nitrogens with zero attached hydrogens (tertiary/aromatic N) is 1. The fourth-order valence-corrected chi connectivity index (χ4v) is 3.96. The fourth-order valence-electron chi connectivity index (χ4n) is 3.96. The standard InChI is InChI=1S/C26H26N2O2/c1-19-8-5-6-11-23(19)25(21-9-3-2-4-10-21)27-26(30)22-15-13-20(14-16-22)18-28-17-7-12-24(28)29/h2-6,8-11,13-16,25H,7,12,17-18H2,1H3,(H,27,30)/t25-/m0/s1. The number of carbonyl (C=O) groups is 2. The number of carbonyl (C=O) groups excluding carboxylic acids is 2. The molecule has 30 heavy (non-hydrogen) atoms. The maximum absolute atomic E-state index is 13.0. The largest absolute Gasteiger partial charge is 0.341 e. The molecule has 152 valence electrons. The van der Waals surface area contributed by atoms with Gasteiger partial charge in [-0.2, -0.15) is 0 Å². The molecule has 3 aromatic rings. The Balaban J connectivity index is 1.52. The van der Waals surface area contributed by atoms with Crippen LogP contribution in [-0.4, -0.2) is 23.3 Å². The summed E-state index contributed by atoms with van der Waals surface area (Å²) in [5.74, 6) is 0.0941. The topological polar surface area (TPSA) is 49.4 Å². The number of aryl methyl sites for hydroxylation is 1. The van der Waals surface area contributed by atoms with E-state index in [1.807, 2.05) is 71.6 Å². The molecule has 1 aliphatic rings. The van der Waals surface area contributed by atoms with E-state index in [2.05, 4.69) is 24.4 Å². The number of amides is 2. The maximum atomic E-state index is 13.0. The maximum Gasteiger partial charge on any atom is 0.252 e. The Hall–Kier alpha value is -3.40. The van der Waals surface area contributed by atoms with Gasteiger partial charge in [0.2, 0.25) is 5.91 Å². The summed E-state index contributed by atoms with van der Waals surface area (Å²) in [7, 11) is 0. The van der Waals surface area contributed by atoms with Crippen LogP contribution in [0, 0.1) is 6.92 Å². The minimum Gasteiger partial charge on any atom is -0.341 e. The quantitative estimate of drug-likeness (QED) is 0.658. The summed E-state index contributed by atoms with van der Waals surface area (Å²) in [5.41, 5.74) is 4.92. The van der Waals surface area contributed by atoms with Gasteiger partial charge in [0.25, 0.3) is 5.91 Å². The molecule has 1 saturated heterocycles. The van der Waals surface area contributed by atoms with Crippen molar-refractivity contribution < 1.29 is 9.59 Å². The van der Waals surface area contributed by atoms with E-state index in [0.29, 0.717) is 18.5 Å². The summed E-state index contributed by atoms with van der Waals surface area (Å²) in [6.07, 6.45) is 1.57. The summed E-state index contributed by atoms with van der Waals surface area (Å²) >= 11 is 0. The third kappa shape index (κ3) is 4.43. The Morgan fingerprint density at radius 3 is 2.33 bits per heavy atom. The van der Waals surface area contributed by atoms with E-state index in [1.165, 1.54) is 0 Å². The molecule has 0 spiro atoms. The van der Waals surface area contributed by atoms with Crippen molar-refractivity contribution in [2.45, 2.75) is 32.4 Å². The van der Waals surface area contributed by atoms with Gasteiger partial charge in [0.05, 0.1) is 6.04 Å². The van der Waals surface area contributed by atoms with Gasteiger partial charge in [0.15, 0.2) is 0 Å². The monoisotopic (exact) mass is 398 g/mol. The number of hydrogen-bond acceptors (Lipinski definition) is 2. The van der Waals surface area contributed by atoms with E-state index >= 15 is 0 Å². The minimum atomic E-state index is -0.221. The van der Waals surface area contributed by atoms with Gasteiger partial charge < -0.3 is 10.2 Å². The van der Waals surface area contributed by atoms with Gasteiger partial charge in [-0.05, 0) is 47.7 Å². The molecule has 4 nitrogen and oxygen atoms in total. The zero-order valence-corrected chi connectivity index (χ0v) is 17.2. The molecule has 0 radical (unpaired) electrons. The Morgan fingerprint density at radius 2 is 1.67 bits per heavy atom. The molecular weight excluding hydrogens is 372 g/mol. The zero-order chi connectivity index (χ0) is 20.9. The second-order valence-electron chi connectivity index (χ2n) is 7.79. The van der Waals surface area contributed by atoms with Gasteiger partial charge in [-0.1, -0.05) is 66.7 Å². The second kappa shape index (κ2) is 8.95. The fraction of sp³-hybridized carbons (Fsp3) is 0.231. The van der Waals surface area contributed by atoms with E-state index < -0.39 is 0 Å². The number of benzene rings is 3. The van der Waals surface area contributed by atoms with Crippen LogP contribution in [0.4, 0.5) is 0 Å². The predicted molar refractivity (Wildman–Crippen MR) is 118 cm³/mol. The summed E-state index contributed by atoms with van der Waals surface area (Å²) in [5, 5.41) is 3.20. The normalized spacial score (nSPS) is 14.6. The molecule has 0 saturated carbocycles. The zero-order valence-electron chi connectivity index (χ0n) is 17.2. The van der Waals surface area contributed by atoms with Crippen molar-refractivity contribution in [2.75, 3.05) is 6.54 Å². The Kier molecular flexibility index (Phi) is 5.94. The summed E-state index contributed by atoms with van der Waals surface area (Å²) in [6.45, 7) is 3.48. The first-order valence-electron chi connectivity index (χ1n) is 10.4. The molecule has 1 N–H and O–H groups in total. The first-order chi connectivity index (χ1) is 14.6. The number of rotatable bonds is 6. The van der Waals surface area contributed by atoms with Crippen LogP contribution in [0.2, 0.25) is 0 Å². The van der Waals surface area contributed by atoms with Crippen molar-refractivity contribution in [1.29, 1.82) is 0 Å². The number of nitrogens with one attached hydrogen (secondary N) is 1. The van der Waals surface area contributed by atoms with Crippen molar-refractivity contribution in [2.24, 2.45) is 0 Å². The van der Waals surface area contributed by atoms with Crippen LogP contribution in [0.25, 0.3) is 0 Å².